The van der Waals surface area contributed by atoms with Crippen molar-refractivity contribution in [3.63, 3.8) is 0 Å². The third-order valence-electron chi connectivity index (χ3n) is 2.76. The van der Waals surface area contributed by atoms with Gasteiger partial charge < -0.3 is 38.3 Å². The van der Waals surface area contributed by atoms with Crippen molar-refractivity contribution < 1.29 is 43.1 Å². The highest BCUT2D eigenvalue weighted by Crippen LogP contribution is 1.88. The minimum absolute atomic E-state index is 0.230. The van der Waals surface area contributed by atoms with Crippen LogP contribution >= 0.6 is 0 Å². The van der Waals surface area contributed by atoms with E-state index in [1.807, 2.05) is 13.8 Å². The maximum absolute atomic E-state index is 10.2. The third-order valence-corrected chi connectivity index (χ3v) is 2.76. The second-order valence-electron chi connectivity index (χ2n) is 5.43. The first kappa shape index (κ1) is 25.2. The van der Waals surface area contributed by atoms with E-state index in [0.29, 0.717) is 72.7 Å². The summed E-state index contributed by atoms with van der Waals surface area (Å²) in [5.41, 5.74) is 0. The highest BCUT2D eigenvalue weighted by atomic mass is 16.6. The van der Waals surface area contributed by atoms with Crippen molar-refractivity contribution in [2.75, 3.05) is 85.9 Å². The van der Waals surface area contributed by atoms with Crippen molar-refractivity contribution in [1.82, 2.24) is 0 Å². The second kappa shape index (κ2) is 20.5. The van der Waals surface area contributed by atoms with E-state index >= 15 is 0 Å². The number of carbonyl (C=O) groups is 1. The fraction of sp³-hybridized carbons (Fsp3) is 0.941. The van der Waals surface area contributed by atoms with Gasteiger partial charge >= 0.3 is 5.97 Å². The summed E-state index contributed by atoms with van der Waals surface area (Å²) in [6.45, 7) is 9.44. The molecule has 0 saturated carbocycles. The predicted molar refractivity (Wildman–Crippen MR) is 93.6 cm³/mol. The van der Waals surface area contributed by atoms with Crippen molar-refractivity contribution in [3.05, 3.63) is 0 Å². The number of hydrogen-bond acceptors (Lipinski definition) is 8. The molecular weight excluding hydrogens is 348 g/mol. The maximum atomic E-state index is 10.2. The average molecular weight is 382 g/mol. The topological polar surface area (TPSA) is 102 Å². The number of carboxylic acid groups (broad SMARTS) is 1. The van der Waals surface area contributed by atoms with Gasteiger partial charge in [-0.15, -0.1) is 0 Å². The Morgan fingerprint density at radius 2 is 0.923 bits per heavy atom. The largest absolute Gasteiger partial charge is 0.480 e. The standard InChI is InChI=1S/C17H34O9/c1-16(2)26-14-13-24-10-9-22-6-5-20-3-4-21-7-8-23-11-12-25-15-17(18)19/h16H,3-15H2,1-2H3,(H,18,19). The summed E-state index contributed by atoms with van der Waals surface area (Å²) in [5, 5.41) is 8.36. The van der Waals surface area contributed by atoms with Gasteiger partial charge in [0.2, 0.25) is 0 Å². The Kier molecular flexibility index (Phi) is 19.9. The van der Waals surface area contributed by atoms with Gasteiger partial charge in [0.05, 0.1) is 85.4 Å². The molecule has 0 aliphatic rings. The first-order valence-electron chi connectivity index (χ1n) is 8.92. The normalized spacial score (nSPS) is 11.3. The Balaban J connectivity index is 3.00. The number of aliphatic carboxylic acids is 1. The maximum Gasteiger partial charge on any atom is 0.329 e. The first-order chi connectivity index (χ1) is 12.6. The number of ether oxygens (including phenoxy) is 7. The first-order valence-corrected chi connectivity index (χ1v) is 8.92. The number of carboxylic acids is 1. The third kappa shape index (κ3) is 23.2. The lowest BCUT2D eigenvalue weighted by Crippen LogP contribution is -2.15. The molecule has 9 nitrogen and oxygen atoms in total. The molecule has 0 bridgehead atoms. The summed E-state index contributed by atoms with van der Waals surface area (Å²) in [6, 6.07) is 0. The van der Waals surface area contributed by atoms with Crippen molar-refractivity contribution in [2.45, 2.75) is 20.0 Å². The Labute approximate surface area is 155 Å². The van der Waals surface area contributed by atoms with Crippen LogP contribution in [0.5, 0.6) is 0 Å². The smallest absolute Gasteiger partial charge is 0.329 e. The van der Waals surface area contributed by atoms with Crippen LogP contribution in [0.25, 0.3) is 0 Å². The quantitative estimate of drug-likeness (QED) is 0.286. The van der Waals surface area contributed by atoms with Crippen LogP contribution in [0.15, 0.2) is 0 Å². The van der Waals surface area contributed by atoms with E-state index in [4.69, 9.17) is 38.3 Å². The van der Waals surface area contributed by atoms with E-state index in [2.05, 4.69) is 0 Å². The zero-order chi connectivity index (χ0) is 19.3. The van der Waals surface area contributed by atoms with Crippen LogP contribution in [0.4, 0.5) is 0 Å². The summed E-state index contributed by atoms with van der Waals surface area (Å²) in [4.78, 5) is 10.2. The molecule has 9 heteroatoms. The van der Waals surface area contributed by atoms with Crippen molar-refractivity contribution in [3.8, 4) is 0 Å². The molecule has 1 N–H and O–H groups in total. The molecule has 0 aromatic heterocycles. The molecule has 0 aromatic rings. The van der Waals surface area contributed by atoms with E-state index in [0.717, 1.165) is 0 Å². The van der Waals surface area contributed by atoms with Crippen LogP contribution in [-0.2, 0) is 38.0 Å². The van der Waals surface area contributed by atoms with E-state index < -0.39 is 5.97 Å². The fourth-order valence-corrected chi connectivity index (χ4v) is 1.60. The summed E-state index contributed by atoms with van der Waals surface area (Å²) in [6.07, 6.45) is 0.230. The molecule has 0 aromatic carbocycles. The summed E-state index contributed by atoms with van der Waals surface area (Å²) < 4.78 is 36.8. The zero-order valence-electron chi connectivity index (χ0n) is 16.0. The Morgan fingerprint density at radius 1 is 0.615 bits per heavy atom. The molecule has 0 amide bonds. The minimum Gasteiger partial charge on any atom is -0.480 e. The SMILES string of the molecule is CC(C)OCCOCCOCCOCCOCCOCCOCC(=O)O. The molecule has 0 unspecified atom stereocenters. The van der Waals surface area contributed by atoms with Crippen LogP contribution in [0, 0.1) is 0 Å². The monoisotopic (exact) mass is 382 g/mol. The fourth-order valence-electron chi connectivity index (χ4n) is 1.60. The van der Waals surface area contributed by atoms with E-state index in [1.54, 1.807) is 0 Å². The molecule has 0 heterocycles. The summed E-state index contributed by atoms with van der Waals surface area (Å²) in [7, 11) is 0. The van der Waals surface area contributed by atoms with E-state index in [1.165, 1.54) is 0 Å². The van der Waals surface area contributed by atoms with Gasteiger partial charge in [0, 0.05) is 0 Å². The van der Waals surface area contributed by atoms with Gasteiger partial charge in [0.25, 0.3) is 0 Å². The van der Waals surface area contributed by atoms with Crippen molar-refractivity contribution in [2.24, 2.45) is 0 Å². The summed E-state index contributed by atoms with van der Waals surface area (Å²) in [5.74, 6) is -0.987. The second-order valence-corrected chi connectivity index (χ2v) is 5.43. The molecule has 26 heavy (non-hydrogen) atoms. The lowest BCUT2D eigenvalue weighted by Gasteiger charge is -2.09. The van der Waals surface area contributed by atoms with Crippen LogP contribution in [0.2, 0.25) is 0 Å². The molecule has 0 rings (SSSR count). The van der Waals surface area contributed by atoms with Crippen LogP contribution in [0.1, 0.15) is 13.8 Å². The molecule has 0 spiro atoms. The van der Waals surface area contributed by atoms with Gasteiger partial charge in [-0.3, -0.25) is 0 Å². The molecule has 0 fully saturated rings. The Bertz CT molecular complexity index is 300. The Morgan fingerprint density at radius 3 is 1.23 bits per heavy atom. The van der Waals surface area contributed by atoms with Gasteiger partial charge in [-0.2, -0.15) is 0 Å². The number of rotatable bonds is 21. The zero-order valence-corrected chi connectivity index (χ0v) is 16.0. The van der Waals surface area contributed by atoms with E-state index in [-0.39, 0.29) is 19.3 Å². The van der Waals surface area contributed by atoms with Crippen molar-refractivity contribution in [1.29, 1.82) is 0 Å². The molecule has 0 radical (unpaired) electrons. The minimum atomic E-state index is -0.987. The average Bonchev–Trinajstić information content (AvgIpc) is 2.59. The van der Waals surface area contributed by atoms with E-state index in [9.17, 15) is 4.79 Å². The molecule has 0 aliphatic heterocycles. The van der Waals surface area contributed by atoms with Gasteiger partial charge in [-0.05, 0) is 13.8 Å². The highest BCUT2D eigenvalue weighted by Gasteiger charge is 1.97. The summed E-state index contributed by atoms with van der Waals surface area (Å²) >= 11 is 0. The number of hydrogen-bond donors (Lipinski definition) is 1. The molecular formula is C17H34O9. The highest BCUT2D eigenvalue weighted by molar-refractivity contribution is 5.67. The van der Waals surface area contributed by atoms with Gasteiger partial charge in [-0.25, -0.2) is 4.79 Å². The lowest BCUT2D eigenvalue weighted by atomic mass is 10.5. The van der Waals surface area contributed by atoms with Gasteiger partial charge in [0.15, 0.2) is 0 Å². The van der Waals surface area contributed by atoms with Crippen LogP contribution in [0.3, 0.4) is 0 Å². The molecule has 0 aliphatic carbocycles. The molecule has 0 saturated heterocycles. The van der Waals surface area contributed by atoms with Crippen molar-refractivity contribution >= 4 is 5.97 Å². The van der Waals surface area contributed by atoms with Crippen LogP contribution in [-0.4, -0.2) is 103 Å². The molecule has 0 atom stereocenters. The predicted octanol–water partition coefficient (Wildman–Crippen LogP) is 0.596. The Hall–Kier alpha value is -0.810. The van der Waals surface area contributed by atoms with Gasteiger partial charge in [-0.1, -0.05) is 0 Å². The molecule has 156 valence electrons. The van der Waals surface area contributed by atoms with Crippen LogP contribution < -0.4 is 0 Å². The van der Waals surface area contributed by atoms with Gasteiger partial charge in [0.1, 0.15) is 6.61 Å². The lowest BCUT2D eigenvalue weighted by molar-refractivity contribution is -0.142.